The maximum absolute atomic E-state index is 13.4. The Kier molecular flexibility index (Phi) is 7.50. The molecule has 0 saturated carbocycles. The Morgan fingerprint density at radius 3 is 2.00 bits per heavy atom. The van der Waals surface area contributed by atoms with E-state index in [1.807, 2.05) is 0 Å². The van der Waals surface area contributed by atoms with Gasteiger partial charge < -0.3 is 15.1 Å². The van der Waals surface area contributed by atoms with E-state index < -0.39 is 44.7 Å². The van der Waals surface area contributed by atoms with Crippen molar-refractivity contribution in [3.8, 4) is 0 Å². The van der Waals surface area contributed by atoms with Gasteiger partial charge in [0.05, 0.1) is 16.2 Å². The minimum absolute atomic E-state index is 0.00817. The Balaban J connectivity index is 1.94. The highest BCUT2D eigenvalue weighted by atomic mass is 32.2. The lowest BCUT2D eigenvalue weighted by molar-refractivity contribution is -0.376. The van der Waals surface area contributed by atoms with Crippen LogP contribution in [0.2, 0.25) is 0 Å². The van der Waals surface area contributed by atoms with Crippen molar-refractivity contribution >= 4 is 15.5 Å². The van der Waals surface area contributed by atoms with Gasteiger partial charge in [-0.25, -0.2) is 8.42 Å². The van der Waals surface area contributed by atoms with E-state index in [9.17, 15) is 45.0 Å². The molecule has 0 unspecified atom stereocenters. The van der Waals surface area contributed by atoms with E-state index >= 15 is 0 Å². The van der Waals surface area contributed by atoms with Crippen molar-refractivity contribution in [2.24, 2.45) is 0 Å². The highest BCUT2D eigenvalue weighted by Gasteiger charge is 2.71. The number of benzene rings is 2. The minimum atomic E-state index is -6.05. The van der Waals surface area contributed by atoms with E-state index in [1.54, 1.807) is 23.1 Å². The predicted octanol–water partition coefficient (Wildman–Crippen LogP) is 4.88. The summed E-state index contributed by atoms with van der Waals surface area (Å²) in [6.07, 6.45) is -13.2. The van der Waals surface area contributed by atoms with E-state index in [0.717, 1.165) is 6.07 Å². The summed E-state index contributed by atoms with van der Waals surface area (Å²) in [7, 11) is -3.62. The topological polar surface area (TPSA) is 77.8 Å². The molecule has 0 aromatic heterocycles. The number of alkyl halides is 6. The van der Waals surface area contributed by atoms with Gasteiger partial charge in [0.25, 0.3) is 5.60 Å². The fourth-order valence-electron chi connectivity index (χ4n) is 4.25. The number of anilines is 1. The Hall–Kier alpha value is -2.31. The molecule has 3 rings (SSSR count). The molecule has 35 heavy (non-hydrogen) atoms. The summed E-state index contributed by atoms with van der Waals surface area (Å²) in [5.74, 6) is 0. The van der Waals surface area contributed by atoms with Crippen LogP contribution >= 0.6 is 0 Å². The maximum Gasteiger partial charge on any atom is 0.430 e. The zero-order valence-corrected chi connectivity index (χ0v) is 19.5. The van der Waals surface area contributed by atoms with Gasteiger partial charge in [-0.3, -0.25) is 0 Å². The molecular formula is C23H25F6NO4S. The average Bonchev–Trinajstić information content (AvgIpc) is 2.81. The molecule has 12 heteroatoms. The van der Waals surface area contributed by atoms with Gasteiger partial charge in [0, 0.05) is 29.9 Å². The highest BCUT2D eigenvalue weighted by Crippen LogP contribution is 2.51. The third kappa shape index (κ3) is 5.01. The number of piperidine rings is 1. The Morgan fingerprint density at radius 2 is 1.51 bits per heavy atom. The molecule has 2 aromatic carbocycles. The zero-order chi connectivity index (χ0) is 26.2. The molecule has 0 aliphatic carbocycles. The molecule has 0 spiro atoms. The summed E-state index contributed by atoms with van der Waals surface area (Å²) >= 11 is 0. The number of halogens is 6. The molecule has 1 aliphatic rings. The molecule has 194 valence electrons. The second kappa shape index (κ2) is 9.62. The van der Waals surface area contributed by atoms with Crippen LogP contribution in [0.5, 0.6) is 0 Å². The lowest BCUT2D eigenvalue weighted by atomic mass is 9.88. The smallest absolute Gasteiger partial charge is 0.388 e. The van der Waals surface area contributed by atoms with Crippen molar-refractivity contribution in [3.63, 3.8) is 0 Å². The number of hydrogen-bond donors (Lipinski definition) is 2. The molecular weight excluding hydrogens is 500 g/mol. The summed E-state index contributed by atoms with van der Waals surface area (Å²) in [6.45, 7) is 1.81. The van der Waals surface area contributed by atoms with Gasteiger partial charge in [0.2, 0.25) is 0 Å². The van der Waals surface area contributed by atoms with E-state index in [1.165, 1.54) is 19.1 Å². The van der Waals surface area contributed by atoms with Crippen molar-refractivity contribution in [2.45, 2.75) is 60.4 Å². The minimum Gasteiger partial charge on any atom is -0.388 e. The van der Waals surface area contributed by atoms with Crippen LogP contribution in [0.25, 0.3) is 0 Å². The van der Waals surface area contributed by atoms with Crippen LogP contribution in [0.1, 0.15) is 43.4 Å². The Labute approximate surface area is 198 Å². The number of hydrogen-bond acceptors (Lipinski definition) is 5. The van der Waals surface area contributed by atoms with Gasteiger partial charge in [-0.2, -0.15) is 26.3 Å². The monoisotopic (exact) mass is 525 g/mol. The SMILES string of the molecule is CC[C@H](O)c1cc(C(O)(C(F)(F)F)C(F)(F)F)ccc1N1CCC(S(=O)(=O)c2ccccc2)CC1. The summed E-state index contributed by atoms with van der Waals surface area (Å²) in [4.78, 5) is 1.79. The fourth-order valence-corrected chi connectivity index (χ4v) is 6.00. The van der Waals surface area contributed by atoms with E-state index in [0.29, 0.717) is 12.1 Å². The van der Waals surface area contributed by atoms with Gasteiger partial charge in [-0.15, -0.1) is 0 Å². The van der Waals surface area contributed by atoms with Gasteiger partial charge in [-0.05, 0) is 43.5 Å². The molecule has 5 nitrogen and oxygen atoms in total. The van der Waals surface area contributed by atoms with E-state index in [-0.39, 0.29) is 48.5 Å². The van der Waals surface area contributed by atoms with Gasteiger partial charge in [0.1, 0.15) is 0 Å². The van der Waals surface area contributed by atoms with Gasteiger partial charge in [0.15, 0.2) is 9.84 Å². The molecule has 0 bridgehead atoms. The van der Waals surface area contributed by atoms with Crippen LogP contribution in [0, 0.1) is 0 Å². The van der Waals surface area contributed by atoms with Crippen LogP contribution in [0.4, 0.5) is 32.0 Å². The third-order valence-corrected chi connectivity index (χ3v) is 8.58. The zero-order valence-electron chi connectivity index (χ0n) is 18.6. The summed E-state index contributed by atoms with van der Waals surface area (Å²) in [6, 6.07) is 9.92. The summed E-state index contributed by atoms with van der Waals surface area (Å²) in [5, 5.41) is 19.4. The second-order valence-electron chi connectivity index (χ2n) is 8.45. The number of aliphatic hydroxyl groups excluding tert-OH is 1. The first-order valence-electron chi connectivity index (χ1n) is 10.9. The van der Waals surface area contributed by atoms with Gasteiger partial charge >= 0.3 is 12.4 Å². The van der Waals surface area contributed by atoms with Crippen molar-refractivity contribution < 1.29 is 45.0 Å². The Bertz CT molecular complexity index is 1110. The van der Waals surface area contributed by atoms with Crippen molar-refractivity contribution in [2.75, 3.05) is 18.0 Å². The first kappa shape index (κ1) is 27.3. The first-order chi connectivity index (χ1) is 16.1. The van der Waals surface area contributed by atoms with Crippen LogP contribution in [0.3, 0.4) is 0 Å². The number of nitrogens with zero attached hydrogens (tertiary/aromatic N) is 1. The molecule has 1 saturated heterocycles. The summed E-state index contributed by atoms with van der Waals surface area (Å²) < 4.78 is 106. The van der Waals surface area contributed by atoms with Crippen molar-refractivity contribution in [3.05, 3.63) is 59.7 Å². The molecule has 1 heterocycles. The second-order valence-corrected chi connectivity index (χ2v) is 10.7. The molecule has 1 aliphatic heterocycles. The number of rotatable bonds is 6. The molecule has 2 aromatic rings. The third-order valence-electron chi connectivity index (χ3n) is 6.30. The number of sulfone groups is 1. The lowest BCUT2D eigenvalue weighted by Crippen LogP contribution is -2.54. The molecule has 0 amide bonds. The highest BCUT2D eigenvalue weighted by molar-refractivity contribution is 7.92. The van der Waals surface area contributed by atoms with E-state index in [4.69, 9.17) is 0 Å². The molecule has 1 fully saturated rings. The standard InChI is InChI=1S/C23H25F6NO4S/c1-2-20(31)18-14-15(21(32,22(24,25)26)23(27,28)29)8-9-19(18)30-12-10-17(11-13-30)35(33,34)16-6-4-3-5-7-16/h3-9,14,17,20,31-32H,2,10-13H2,1H3/t20-/m0/s1. The Morgan fingerprint density at radius 1 is 0.971 bits per heavy atom. The van der Waals surface area contributed by atoms with Crippen LogP contribution in [-0.2, 0) is 15.4 Å². The largest absolute Gasteiger partial charge is 0.430 e. The normalized spacial score (nSPS) is 17.5. The quantitative estimate of drug-likeness (QED) is 0.526. The lowest BCUT2D eigenvalue weighted by Gasteiger charge is -2.37. The van der Waals surface area contributed by atoms with Gasteiger partial charge in [-0.1, -0.05) is 31.2 Å². The molecule has 0 radical (unpaired) electrons. The predicted molar refractivity (Wildman–Crippen MR) is 117 cm³/mol. The average molecular weight is 526 g/mol. The fraction of sp³-hybridized carbons (Fsp3) is 0.478. The molecule has 2 N–H and O–H groups in total. The number of aliphatic hydroxyl groups is 2. The van der Waals surface area contributed by atoms with Crippen LogP contribution in [0.15, 0.2) is 53.4 Å². The first-order valence-corrected chi connectivity index (χ1v) is 12.4. The maximum atomic E-state index is 13.4. The van der Waals surface area contributed by atoms with Crippen molar-refractivity contribution in [1.82, 2.24) is 0 Å². The van der Waals surface area contributed by atoms with Crippen LogP contribution in [-0.4, -0.2) is 49.3 Å². The summed E-state index contributed by atoms with van der Waals surface area (Å²) in [5.41, 5.74) is -6.59. The van der Waals surface area contributed by atoms with E-state index in [2.05, 4.69) is 0 Å². The van der Waals surface area contributed by atoms with Crippen LogP contribution < -0.4 is 4.90 Å². The van der Waals surface area contributed by atoms with Crippen molar-refractivity contribution in [1.29, 1.82) is 0 Å². The molecule has 1 atom stereocenters.